The molecule has 0 unspecified atom stereocenters. The van der Waals surface area contributed by atoms with Gasteiger partial charge in [0.1, 0.15) is 5.60 Å². The fourth-order valence-electron chi connectivity index (χ4n) is 2.13. The SMILES string of the molecule is CC(C)(C)OC(=O)C[C@@H]1CCC[C@H]1[N+](=O)[O-]. The lowest BCUT2D eigenvalue weighted by Crippen LogP contribution is -2.29. The van der Waals surface area contributed by atoms with Gasteiger partial charge in [-0.3, -0.25) is 14.9 Å². The zero-order valence-electron chi connectivity index (χ0n) is 10.1. The molecule has 16 heavy (non-hydrogen) atoms. The predicted octanol–water partition coefficient (Wildman–Crippen LogP) is 2.16. The Balaban J connectivity index is 2.47. The standard InChI is InChI=1S/C11H19NO4/c1-11(2,3)16-10(13)7-8-5-4-6-9(8)12(14)15/h8-9H,4-7H2,1-3H3/t8-,9+/m0/s1. The summed E-state index contributed by atoms with van der Waals surface area (Å²) in [5.41, 5.74) is -0.514. The number of esters is 1. The molecule has 1 saturated carbocycles. The summed E-state index contributed by atoms with van der Waals surface area (Å²) >= 11 is 0. The van der Waals surface area contributed by atoms with E-state index in [2.05, 4.69) is 0 Å². The van der Waals surface area contributed by atoms with Crippen LogP contribution in [0.3, 0.4) is 0 Å². The molecule has 0 spiro atoms. The molecule has 1 rings (SSSR count). The normalized spacial score (nSPS) is 25.4. The molecule has 5 nitrogen and oxygen atoms in total. The Morgan fingerprint density at radius 3 is 2.56 bits per heavy atom. The summed E-state index contributed by atoms with van der Waals surface area (Å²) in [4.78, 5) is 22.0. The molecule has 1 aliphatic rings. The van der Waals surface area contributed by atoms with Gasteiger partial charge in [-0.1, -0.05) is 0 Å². The quantitative estimate of drug-likeness (QED) is 0.422. The molecule has 92 valence electrons. The van der Waals surface area contributed by atoms with Crippen LogP contribution in [-0.2, 0) is 9.53 Å². The van der Waals surface area contributed by atoms with Crippen LogP contribution in [0, 0.1) is 16.0 Å². The topological polar surface area (TPSA) is 69.4 Å². The minimum Gasteiger partial charge on any atom is -0.460 e. The number of rotatable bonds is 3. The van der Waals surface area contributed by atoms with E-state index in [1.807, 2.05) is 0 Å². The van der Waals surface area contributed by atoms with Crippen LogP contribution in [-0.4, -0.2) is 22.5 Å². The first-order chi connectivity index (χ1) is 7.29. The third-order valence-electron chi connectivity index (χ3n) is 2.74. The summed E-state index contributed by atoms with van der Waals surface area (Å²) in [5.74, 6) is -0.476. The van der Waals surface area contributed by atoms with Gasteiger partial charge < -0.3 is 4.74 Å². The lowest BCUT2D eigenvalue weighted by Gasteiger charge is -2.21. The Labute approximate surface area is 95.3 Å². The fraction of sp³-hybridized carbons (Fsp3) is 0.909. The van der Waals surface area contributed by atoms with Crippen LogP contribution in [0.1, 0.15) is 46.5 Å². The van der Waals surface area contributed by atoms with Gasteiger partial charge in [0.15, 0.2) is 0 Å². The van der Waals surface area contributed by atoms with Gasteiger partial charge in [-0.25, -0.2) is 0 Å². The Morgan fingerprint density at radius 1 is 1.44 bits per heavy atom. The Hall–Kier alpha value is -1.13. The zero-order valence-corrected chi connectivity index (χ0v) is 10.1. The van der Waals surface area contributed by atoms with Crippen molar-refractivity contribution in [1.82, 2.24) is 0 Å². The van der Waals surface area contributed by atoms with Gasteiger partial charge in [0.05, 0.1) is 6.42 Å². The van der Waals surface area contributed by atoms with E-state index < -0.39 is 11.6 Å². The minimum atomic E-state index is -0.562. The molecule has 0 radical (unpaired) electrons. The highest BCUT2D eigenvalue weighted by molar-refractivity contribution is 5.70. The summed E-state index contributed by atoms with van der Waals surface area (Å²) in [6.07, 6.45) is 2.34. The molecule has 5 heteroatoms. The molecule has 0 saturated heterocycles. The molecule has 0 amide bonds. The van der Waals surface area contributed by atoms with Crippen molar-refractivity contribution in [1.29, 1.82) is 0 Å². The van der Waals surface area contributed by atoms with E-state index in [1.165, 1.54) is 0 Å². The average Bonchev–Trinajstić information content (AvgIpc) is 2.47. The van der Waals surface area contributed by atoms with Crippen LogP contribution in [0.15, 0.2) is 0 Å². The average molecular weight is 229 g/mol. The maximum absolute atomic E-state index is 11.5. The Kier molecular flexibility index (Phi) is 3.88. The molecule has 0 N–H and O–H groups in total. The van der Waals surface area contributed by atoms with Crippen molar-refractivity contribution in [3.8, 4) is 0 Å². The third kappa shape index (κ3) is 3.79. The van der Waals surface area contributed by atoms with Gasteiger partial charge >= 0.3 is 5.97 Å². The molecule has 1 aliphatic carbocycles. The number of nitrogens with zero attached hydrogens (tertiary/aromatic N) is 1. The highest BCUT2D eigenvalue weighted by Gasteiger charge is 2.38. The molecule has 0 aromatic rings. The van der Waals surface area contributed by atoms with Crippen LogP contribution in [0.5, 0.6) is 0 Å². The second-order valence-electron chi connectivity index (χ2n) is 5.33. The first-order valence-corrected chi connectivity index (χ1v) is 5.65. The molecule has 0 aromatic heterocycles. The summed E-state index contributed by atoms with van der Waals surface area (Å²) in [7, 11) is 0. The summed E-state index contributed by atoms with van der Waals surface area (Å²) in [6.45, 7) is 5.39. The van der Waals surface area contributed by atoms with Crippen molar-refractivity contribution in [2.24, 2.45) is 5.92 Å². The van der Waals surface area contributed by atoms with E-state index in [1.54, 1.807) is 20.8 Å². The predicted molar refractivity (Wildman–Crippen MR) is 58.6 cm³/mol. The minimum absolute atomic E-state index is 0.148. The first-order valence-electron chi connectivity index (χ1n) is 5.65. The van der Waals surface area contributed by atoms with Crippen molar-refractivity contribution in [3.63, 3.8) is 0 Å². The van der Waals surface area contributed by atoms with Gasteiger partial charge in [-0.2, -0.15) is 0 Å². The zero-order chi connectivity index (χ0) is 12.3. The largest absolute Gasteiger partial charge is 0.460 e. The van der Waals surface area contributed by atoms with Gasteiger partial charge in [0.25, 0.3) is 0 Å². The van der Waals surface area contributed by atoms with E-state index in [0.717, 1.165) is 12.8 Å². The second-order valence-corrected chi connectivity index (χ2v) is 5.33. The molecule has 0 heterocycles. The molecule has 0 aliphatic heterocycles. The lowest BCUT2D eigenvalue weighted by molar-refractivity contribution is -0.528. The highest BCUT2D eigenvalue weighted by Crippen LogP contribution is 2.31. The molecular formula is C11H19NO4. The van der Waals surface area contributed by atoms with Crippen LogP contribution < -0.4 is 0 Å². The monoisotopic (exact) mass is 229 g/mol. The third-order valence-corrected chi connectivity index (χ3v) is 2.74. The molecule has 2 atom stereocenters. The van der Waals surface area contributed by atoms with E-state index in [9.17, 15) is 14.9 Å². The molecule has 1 fully saturated rings. The molecule has 0 bridgehead atoms. The first kappa shape index (κ1) is 12.9. The van der Waals surface area contributed by atoms with E-state index in [0.29, 0.717) is 6.42 Å². The summed E-state index contributed by atoms with van der Waals surface area (Å²) in [5, 5.41) is 10.7. The Bertz CT molecular complexity index is 282. The summed E-state index contributed by atoms with van der Waals surface area (Å²) in [6, 6.07) is -0.562. The van der Waals surface area contributed by atoms with Crippen LogP contribution in [0.4, 0.5) is 0 Å². The van der Waals surface area contributed by atoms with E-state index >= 15 is 0 Å². The van der Waals surface area contributed by atoms with Gasteiger partial charge in [0, 0.05) is 17.3 Å². The maximum Gasteiger partial charge on any atom is 0.306 e. The van der Waals surface area contributed by atoms with Gasteiger partial charge in [-0.15, -0.1) is 0 Å². The number of carbonyl (C=O) groups is 1. The van der Waals surface area contributed by atoms with Gasteiger partial charge in [0.2, 0.25) is 6.04 Å². The number of hydrogen-bond acceptors (Lipinski definition) is 4. The van der Waals surface area contributed by atoms with Gasteiger partial charge in [-0.05, 0) is 33.6 Å². The molecular weight excluding hydrogens is 210 g/mol. The second kappa shape index (κ2) is 4.80. The number of hydrogen-bond donors (Lipinski definition) is 0. The van der Waals surface area contributed by atoms with Crippen molar-refractivity contribution >= 4 is 5.97 Å². The van der Waals surface area contributed by atoms with E-state index in [4.69, 9.17) is 4.74 Å². The number of ether oxygens (including phenoxy) is 1. The Morgan fingerprint density at radius 2 is 2.06 bits per heavy atom. The van der Waals surface area contributed by atoms with Crippen LogP contribution in [0.25, 0.3) is 0 Å². The fourth-order valence-corrected chi connectivity index (χ4v) is 2.13. The molecule has 0 aromatic carbocycles. The van der Waals surface area contributed by atoms with Crippen molar-refractivity contribution < 1.29 is 14.5 Å². The van der Waals surface area contributed by atoms with E-state index in [-0.39, 0.29) is 23.2 Å². The van der Waals surface area contributed by atoms with Crippen LogP contribution in [0.2, 0.25) is 0 Å². The lowest BCUT2D eigenvalue weighted by atomic mass is 10.00. The van der Waals surface area contributed by atoms with Crippen molar-refractivity contribution in [2.45, 2.75) is 58.1 Å². The van der Waals surface area contributed by atoms with Crippen molar-refractivity contribution in [2.75, 3.05) is 0 Å². The van der Waals surface area contributed by atoms with Crippen molar-refractivity contribution in [3.05, 3.63) is 10.1 Å². The number of nitro groups is 1. The number of carbonyl (C=O) groups excluding carboxylic acids is 1. The smallest absolute Gasteiger partial charge is 0.306 e. The highest BCUT2D eigenvalue weighted by atomic mass is 16.6. The maximum atomic E-state index is 11.5. The summed E-state index contributed by atoms with van der Waals surface area (Å²) < 4.78 is 5.17. The van der Waals surface area contributed by atoms with Crippen LogP contribution >= 0.6 is 0 Å².